The van der Waals surface area contributed by atoms with Gasteiger partial charge >= 0.3 is 0 Å². The van der Waals surface area contributed by atoms with Crippen molar-refractivity contribution in [3.63, 3.8) is 0 Å². The van der Waals surface area contributed by atoms with Gasteiger partial charge in [0.1, 0.15) is 11.6 Å². The van der Waals surface area contributed by atoms with Crippen molar-refractivity contribution in [2.24, 2.45) is 0 Å². The lowest BCUT2D eigenvalue weighted by Crippen LogP contribution is -1.84. The number of ether oxygens (including phenoxy) is 1. The molecule has 1 rings (SSSR count). The molecule has 0 fully saturated rings. The van der Waals surface area contributed by atoms with Gasteiger partial charge in [0.05, 0.1) is 7.11 Å². The van der Waals surface area contributed by atoms with Crippen LogP contribution in [-0.4, -0.2) is 13.4 Å². The molecule has 0 spiro atoms. The van der Waals surface area contributed by atoms with Crippen molar-refractivity contribution >= 4 is 11.8 Å². The first kappa shape index (κ1) is 8.40. The van der Waals surface area contributed by atoms with Gasteiger partial charge in [0.15, 0.2) is 0 Å². The van der Waals surface area contributed by atoms with Crippen LogP contribution < -0.4 is 4.74 Å². The third kappa shape index (κ3) is 2.12. The number of rotatable bonds is 2. The molecule has 60 valence electrons. The second-order valence-corrected chi connectivity index (χ2v) is 2.91. The zero-order valence-corrected chi connectivity index (χ0v) is 7.24. The van der Waals surface area contributed by atoms with Crippen LogP contribution in [0.25, 0.3) is 0 Å². The van der Waals surface area contributed by atoms with Crippen LogP contribution in [0.3, 0.4) is 0 Å². The van der Waals surface area contributed by atoms with Crippen LogP contribution in [0.15, 0.2) is 23.1 Å². The third-order valence-corrected chi connectivity index (χ3v) is 2.02. The van der Waals surface area contributed by atoms with Crippen molar-refractivity contribution < 1.29 is 9.13 Å². The van der Waals surface area contributed by atoms with Gasteiger partial charge in [-0.25, -0.2) is 4.39 Å². The Morgan fingerprint density at radius 1 is 1.36 bits per heavy atom. The molecule has 0 aliphatic heterocycles. The maximum Gasteiger partial charge on any atom is 0.128 e. The molecule has 0 aliphatic carbocycles. The molecule has 0 unspecified atom stereocenters. The Balaban J connectivity index is 3.02. The smallest absolute Gasteiger partial charge is 0.128 e. The molecule has 0 heterocycles. The molecule has 3 heteroatoms. The molecule has 0 atom stereocenters. The summed E-state index contributed by atoms with van der Waals surface area (Å²) in [6.07, 6.45) is 1.90. The second-order valence-electron chi connectivity index (χ2n) is 2.03. The van der Waals surface area contributed by atoms with E-state index >= 15 is 0 Å². The number of thioether (sulfide) groups is 1. The molecule has 0 bridgehead atoms. The normalized spacial score (nSPS) is 9.73. The van der Waals surface area contributed by atoms with Gasteiger partial charge in [-0.3, -0.25) is 0 Å². The summed E-state index contributed by atoms with van der Waals surface area (Å²) in [7, 11) is 1.53. The zero-order valence-electron chi connectivity index (χ0n) is 6.43. The quantitative estimate of drug-likeness (QED) is 0.634. The molecule has 0 radical (unpaired) electrons. The van der Waals surface area contributed by atoms with Crippen molar-refractivity contribution in [2.75, 3.05) is 13.4 Å². The second kappa shape index (κ2) is 3.62. The van der Waals surface area contributed by atoms with E-state index in [-0.39, 0.29) is 5.82 Å². The van der Waals surface area contributed by atoms with Crippen LogP contribution in [0.1, 0.15) is 0 Å². The van der Waals surface area contributed by atoms with Crippen molar-refractivity contribution in [1.82, 2.24) is 0 Å². The van der Waals surface area contributed by atoms with Gasteiger partial charge in [-0.1, -0.05) is 0 Å². The highest BCUT2D eigenvalue weighted by molar-refractivity contribution is 7.98. The fraction of sp³-hybridized carbons (Fsp3) is 0.250. The topological polar surface area (TPSA) is 9.23 Å². The number of hydrogen-bond acceptors (Lipinski definition) is 2. The van der Waals surface area contributed by atoms with Crippen LogP contribution in [0.5, 0.6) is 5.75 Å². The minimum Gasteiger partial charge on any atom is -0.497 e. The molecule has 0 aliphatic rings. The third-order valence-electron chi connectivity index (χ3n) is 1.32. The molecule has 0 N–H and O–H groups in total. The van der Waals surface area contributed by atoms with Crippen molar-refractivity contribution in [3.8, 4) is 5.75 Å². The first-order valence-electron chi connectivity index (χ1n) is 3.15. The lowest BCUT2D eigenvalue weighted by Gasteiger charge is -2.01. The first-order chi connectivity index (χ1) is 5.26. The monoisotopic (exact) mass is 172 g/mol. The van der Waals surface area contributed by atoms with Gasteiger partial charge < -0.3 is 4.74 Å². The average molecular weight is 172 g/mol. The van der Waals surface area contributed by atoms with Crippen LogP contribution >= 0.6 is 11.8 Å². The van der Waals surface area contributed by atoms with E-state index in [0.29, 0.717) is 5.75 Å². The molecule has 0 saturated carbocycles. The summed E-state index contributed by atoms with van der Waals surface area (Å²) in [6.45, 7) is 0. The fourth-order valence-electron chi connectivity index (χ4n) is 0.773. The van der Waals surface area contributed by atoms with E-state index in [1.54, 1.807) is 6.07 Å². The van der Waals surface area contributed by atoms with E-state index in [9.17, 15) is 4.39 Å². The predicted molar refractivity (Wildman–Crippen MR) is 44.7 cm³/mol. The summed E-state index contributed by atoms with van der Waals surface area (Å²) in [5, 5.41) is 0. The van der Waals surface area contributed by atoms with Crippen LogP contribution in [0, 0.1) is 5.82 Å². The molecule has 0 aromatic heterocycles. The van der Waals surface area contributed by atoms with Crippen molar-refractivity contribution in [2.45, 2.75) is 4.90 Å². The Morgan fingerprint density at radius 2 is 2.09 bits per heavy atom. The Bertz CT molecular complexity index is 228. The minimum absolute atomic E-state index is 0.256. The molecule has 1 aromatic carbocycles. The van der Waals surface area contributed by atoms with Gasteiger partial charge in [0.25, 0.3) is 0 Å². The van der Waals surface area contributed by atoms with Gasteiger partial charge in [-0.05, 0) is 18.4 Å². The first-order valence-corrected chi connectivity index (χ1v) is 4.37. The Labute approximate surface area is 69.6 Å². The largest absolute Gasteiger partial charge is 0.497 e. The lowest BCUT2D eigenvalue weighted by atomic mass is 10.3. The Kier molecular flexibility index (Phi) is 2.76. The number of methoxy groups -OCH3 is 1. The number of benzene rings is 1. The summed E-state index contributed by atoms with van der Waals surface area (Å²) in [5.41, 5.74) is 0. The fourth-order valence-corrected chi connectivity index (χ4v) is 1.24. The number of halogens is 1. The van der Waals surface area contributed by atoms with E-state index in [1.165, 1.54) is 31.0 Å². The molecule has 1 nitrogen and oxygen atoms in total. The van der Waals surface area contributed by atoms with Gasteiger partial charge in [0.2, 0.25) is 0 Å². The Hall–Kier alpha value is -0.700. The number of hydrogen-bond donors (Lipinski definition) is 0. The van der Waals surface area contributed by atoms with E-state index < -0.39 is 0 Å². The van der Waals surface area contributed by atoms with E-state index in [2.05, 4.69) is 0 Å². The van der Waals surface area contributed by atoms with E-state index in [4.69, 9.17) is 4.74 Å². The summed E-state index contributed by atoms with van der Waals surface area (Å²) < 4.78 is 17.6. The molecule has 1 aromatic rings. The van der Waals surface area contributed by atoms with E-state index in [1.807, 2.05) is 6.26 Å². The molecular formula is C8H9FOS. The maximum atomic E-state index is 12.7. The molecular weight excluding hydrogens is 163 g/mol. The summed E-state index contributed by atoms with van der Waals surface area (Å²) in [4.78, 5) is 0.877. The summed E-state index contributed by atoms with van der Waals surface area (Å²) in [6, 6.07) is 4.64. The standard InChI is InChI=1S/C8H9FOS/c1-10-7-3-6(9)4-8(5-7)11-2/h3-5H,1-2H3. The SMILES string of the molecule is COc1cc(F)cc(SC)c1. The van der Waals surface area contributed by atoms with Crippen molar-refractivity contribution in [1.29, 1.82) is 0 Å². The lowest BCUT2D eigenvalue weighted by molar-refractivity contribution is 0.410. The summed E-state index contributed by atoms with van der Waals surface area (Å²) >= 11 is 1.49. The molecule has 0 saturated heterocycles. The maximum absolute atomic E-state index is 12.7. The summed E-state index contributed by atoms with van der Waals surface area (Å²) in [5.74, 6) is 0.308. The van der Waals surface area contributed by atoms with Crippen LogP contribution in [-0.2, 0) is 0 Å². The zero-order chi connectivity index (χ0) is 8.27. The highest BCUT2D eigenvalue weighted by Crippen LogP contribution is 2.22. The van der Waals surface area contributed by atoms with E-state index in [0.717, 1.165) is 4.90 Å². The van der Waals surface area contributed by atoms with Crippen LogP contribution in [0.2, 0.25) is 0 Å². The average Bonchev–Trinajstić information content (AvgIpc) is 2.03. The van der Waals surface area contributed by atoms with Gasteiger partial charge in [-0.2, -0.15) is 0 Å². The van der Waals surface area contributed by atoms with Gasteiger partial charge in [-0.15, -0.1) is 11.8 Å². The minimum atomic E-state index is -0.256. The van der Waals surface area contributed by atoms with Gasteiger partial charge in [0, 0.05) is 11.0 Å². The van der Waals surface area contributed by atoms with Crippen molar-refractivity contribution in [3.05, 3.63) is 24.0 Å². The highest BCUT2D eigenvalue weighted by Gasteiger charge is 1.98. The molecule has 11 heavy (non-hydrogen) atoms. The van der Waals surface area contributed by atoms with Crippen LogP contribution in [0.4, 0.5) is 4.39 Å². The highest BCUT2D eigenvalue weighted by atomic mass is 32.2. The predicted octanol–water partition coefficient (Wildman–Crippen LogP) is 2.56. The Morgan fingerprint density at radius 3 is 2.64 bits per heavy atom. The molecule has 0 amide bonds.